The van der Waals surface area contributed by atoms with E-state index >= 15 is 0 Å². The van der Waals surface area contributed by atoms with Crippen molar-refractivity contribution in [3.63, 3.8) is 0 Å². The molecule has 2 aromatic rings. The van der Waals surface area contributed by atoms with E-state index in [0.717, 1.165) is 19.3 Å². The van der Waals surface area contributed by atoms with Crippen LogP contribution in [0.15, 0.2) is 54.6 Å². The van der Waals surface area contributed by atoms with Crippen molar-refractivity contribution >= 4 is 11.8 Å². The molecule has 26 heavy (non-hydrogen) atoms. The van der Waals surface area contributed by atoms with Crippen LogP contribution in [-0.2, 0) is 11.2 Å². The lowest BCUT2D eigenvalue weighted by molar-refractivity contribution is -0.121. The van der Waals surface area contributed by atoms with E-state index in [0.29, 0.717) is 30.9 Å². The molecule has 3 N–H and O–H groups in total. The molecular weight excluding hydrogens is 332 g/mol. The number of unbranched alkanes of at least 4 members (excludes halogenated alkanes) is 1. The first-order chi connectivity index (χ1) is 12.7. The number of hydrogen-bond donors (Lipinski definition) is 3. The fourth-order valence-electron chi connectivity index (χ4n) is 2.40. The molecule has 138 valence electrons. The summed E-state index contributed by atoms with van der Waals surface area (Å²) in [6.07, 6.45) is 2.90. The summed E-state index contributed by atoms with van der Waals surface area (Å²) in [7, 11) is 0. The average Bonchev–Trinajstić information content (AvgIpc) is 2.69. The van der Waals surface area contributed by atoms with Gasteiger partial charge in [-0.2, -0.15) is 0 Å². The highest BCUT2D eigenvalue weighted by atomic mass is 16.5. The smallest absolute Gasteiger partial charge is 0.274 e. The molecular formula is C20H24N2O4. The molecule has 2 amide bonds. The minimum Gasteiger partial charge on any atom is -0.494 e. The number of ether oxygens (including phenoxy) is 1. The van der Waals surface area contributed by atoms with Gasteiger partial charge in [0.25, 0.3) is 5.91 Å². The Morgan fingerprint density at radius 3 is 2.38 bits per heavy atom. The Kier molecular flexibility index (Phi) is 8.15. The third-order valence-electron chi connectivity index (χ3n) is 3.86. The Bertz CT molecular complexity index is 687. The van der Waals surface area contributed by atoms with Crippen molar-refractivity contribution in [3.8, 4) is 5.75 Å². The second-order valence-electron chi connectivity index (χ2n) is 5.86. The summed E-state index contributed by atoms with van der Waals surface area (Å²) in [6, 6.07) is 16.5. The Morgan fingerprint density at radius 1 is 0.962 bits per heavy atom. The number of aryl methyl sites for hydroxylation is 1. The molecule has 0 unspecified atom stereocenters. The third kappa shape index (κ3) is 6.94. The quantitative estimate of drug-likeness (QED) is 0.347. The molecule has 0 spiro atoms. The Balaban J connectivity index is 1.53. The van der Waals surface area contributed by atoms with E-state index in [1.807, 2.05) is 30.3 Å². The average molecular weight is 356 g/mol. The first kappa shape index (κ1) is 19.5. The van der Waals surface area contributed by atoms with Gasteiger partial charge in [-0.25, -0.2) is 5.48 Å². The van der Waals surface area contributed by atoms with Crippen molar-refractivity contribution in [1.82, 2.24) is 10.8 Å². The van der Waals surface area contributed by atoms with Gasteiger partial charge >= 0.3 is 0 Å². The number of hydroxylamine groups is 1. The largest absolute Gasteiger partial charge is 0.494 e. The van der Waals surface area contributed by atoms with E-state index < -0.39 is 5.91 Å². The van der Waals surface area contributed by atoms with E-state index in [2.05, 4.69) is 5.32 Å². The van der Waals surface area contributed by atoms with Crippen molar-refractivity contribution in [3.05, 3.63) is 65.7 Å². The zero-order valence-electron chi connectivity index (χ0n) is 14.6. The van der Waals surface area contributed by atoms with Gasteiger partial charge in [-0.1, -0.05) is 30.3 Å². The third-order valence-corrected chi connectivity index (χ3v) is 3.86. The van der Waals surface area contributed by atoms with E-state index in [4.69, 9.17) is 9.94 Å². The summed E-state index contributed by atoms with van der Waals surface area (Å²) in [5.41, 5.74) is 3.10. The molecule has 0 bridgehead atoms. The van der Waals surface area contributed by atoms with Crippen molar-refractivity contribution in [2.75, 3.05) is 13.2 Å². The second-order valence-corrected chi connectivity index (χ2v) is 5.86. The Morgan fingerprint density at radius 2 is 1.69 bits per heavy atom. The maximum absolute atomic E-state index is 11.8. The molecule has 6 nitrogen and oxygen atoms in total. The van der Waals surface area contributed by atoms with Gasteiger partial charge in [0.1, 0.15) is 5.75 Å². The molecule has 2 aromatic carbocycles. The summed E-state index contributed by atoms with van der Waals surface area (Å²) in [4.78, 5) is 23.0. The number of benzene rings is 2. The van der Waals surface area contributed by atoms with Crippen molar-refractivity contribution in [2.24, 2.45) is 0 Å². The van der Waals surface area contributed by atoms with Crippen LogP contribution in [-0.4, -0.2) is 30.2 Å². The maximum Gasteiger partial charge on any atom is 0.274 e. The molecule has 0 aliphatic rings. The highest BCUT2D eigenvalue weighted by Crippen LogP contribution is 2.12. The SMILES string of the molecule is O=C(CCc1ccccc1)NCCCCOc1ccc(C(=O)NO)cc1. The maximum atomic E-state index is 11.8. The van der Waals surface area contributed by atoms with Crippen molar-refractivity contribution in [2.45, 2.75) is 25.7 Å². The summed E-state index contributed by atoms with van der Waals surface area (Å²) in [6.45, 7) is 1.16. The van der Waals surface area contributed by atoms with Crippen LogP contribution < -0.4 is 15.5 Å². The molecule has 0 fully saturated rings. The molecule has 0 aliphatic heterocycles. The first-order valence-electron chi connectivity index (χ1n) is 8.67. The van der Waals surface area contributed by atoms with Gasteiger partial charge in [0.15, 0.2) is 0 Å². The number of hydrogen-bond acceptors (Lipinski definition) is 4. The van der Waals surface area contributed by atoms with Crippen LogP contribution in [0.1, 0.15) is 35.2 Å². The molecule has 0 saturated heterocycles. The summed E-state index contributed by atoms with van der Waals surface area (Å²) >= 11 is 0. The fourth-order valence-corrected chi connectivity index (χ4v) is 2.40. The zero-order valence-corrected chi connectivity index (χ0v) is 14.6. The minimum absolute atomic E-state index is 0.0625. The van der Waals surface area contributed by atoms with Gasteiger partial charge in [-0.3, -0.25) is 14.8 Å². The van der Waals surface area contributed by atoms with Gasteiger partial charge in [-0.15, -0.1) is 0 Å². The molecule has 0 heterocycles. The number of nitrogens with one attached hydrogen (secondary N) is 2. The fraction of sp³-hybridized carbons (Fsp3) is 0.300. The molecule has 0 atom stereocenters. The van der Waals surface area contributed by atoms with Crippen LogP contribution in [0.3, 0.4) is 0 Å². The molecule has 6 heteroatoms. The van der Waals surface area contributed by atoms with Crippen LogP contribution >= 0.6 is 0 Å². The van der Waals surface area contributed by atoms with Gasteiger partial charge in [0.2, 0.25) is 5.91 Å². The van der Waals surface area contributed by atoms with E-state index in [1.165, 1.54) is 5.56 Å². The lowest BCUT2D eigenvalue weighted by atomic mass is 10.1. The second kappa shape index (κ2) is 10.9. The minimum atomic E-state index is -0.556. The van der Waals surface area contributed by atoms with Gasteiger partial charge in [0, 0.05) is 18.5 Å². The van der Waals surface area contributed by atoms with Crippen LogP contribution in [0.4, 0.5) is 0 Å². The Labute approximate surface area is 153 Å². The van der Waals surface area contributed by atoms with Crippen LogP contribution in [0.2, 0.25) is 0 Å². The van der Waals surface area contributed by atoms with Gasteiger partial charge in [0.05, 0.1) is 6.61 Å². The van der Waals surface area contributed by atoms with Crippen LogP contribution in [0, 0.1) is 0 Å². The topological polar surface area (TPSA) is 87.7 Å². The van der Waals surface area contributed by atoms with Gasteiger partial charge in [-0.05, 0) is 49.1 Å². The van der Waals surface area contributed by atoms with E-state index in [-0.39, 0.29) is 5.91 Å². The molecule has 0 saturated carbocycles. The number of carbonyl (C=O) groups excluding carboxylic acids is 2. The summed E-state index contributed by atoms with van der Waals surface area (Å²) in [5.74, 6) is 0.165. The molecule has 2 rings (SSSR count). The van der Waals surface area contributed by atoms with Crippen molar-refractivity contribution < 1.29 is 19.5 Å². The lowest BCUT2D eigenvalue weighted by Crippen LogP contribution is -2.24. The highest BCUT2D eigenvalue weighted by Gasteiger charge is 2.04. The van der Waals surface area contributed by atoms with E-state index in [1.54, 1.807) is 29.7 Å². The molecule has 0 radical (unpaired) electrons. The van der Waals surface area contributed by atoms with Crippen molar-refractivity contribution in [1.29, 1.82) is 0 Å². The standard InChI is InChI=1S/C20H24N2O4/c23-19(13-8-16-6-2-1-3-7-16)21-14-4-5-15-26-18-11-9-17(10-12-18)20(24)22-25/h1-3,6-7,9-12,25H,4-5,8,13-15H2,(H,21,23)(H,22,24). The predicted octanol–water partition coefficient (Wildman–Crippen LogP) is 2.71. The molecule has 0 aromatic heterocycles. The monoisotopic (exact) mass is 356 g/mol. The van der Waals surface area contributed by atoms with E-state index in [9.17, 15) is 9.59 Å². The first-order valence-corrected chi connectivity index (χ1v) is 8.67. The summed E-state index contributed by atoms with van der Waals surface area (Å²) in [5, 5.41) is 11.5. The number of rotatable bonds is 10. The summed E-state index contributed by atoms with van der Waals surface area (Å²) < 4.78 is 5.58. The van der Waals surface area contributed by atoms with Crippen LogP contribution in [0.5, 0.6) is 5.75 Å². The van der Waals surface area contributed by atoms with Crippen LogP contribution in [0.25, 0.3) is 0 Å². The molecule has 0 aliphatic carbocycles. The Hall–Kier alpha value is -2.86. The predicted molar refractivity (Wildman–Crippen MR) is 98.2 cm³/mol. The normalized spacial score (nSPS) is 10.2. The van der Waals surface area contributed by atoms with Gasteiger partial charge < -0.3 is 10.1 Å². The lowest BCUT2D eigenvalue weighted by Gasteiger charge is -2.08. The number of carbonyl (C=O) groups is 2. The number of amides is 2. The highest BCUT2D eigenvalue weighted by molar-refractivity contribution is 5.93. The zero-order chi connectivity index (χ0) is 18.6.